The number of likely N-dealkylation sites (tertiary alicyclic amines) is 1. The average molecular weight is 293 g/mol. The van der Waals surface area contributed by atoms with E-state index in [1.807, 2.05) is 13.0 Å². The van der Waals surface area contributed by atoms with E-state index in [9.17, 15) is 0 Å². The standard InChI is InChI=1S/C14H17ClN4O/c1-10-17-14(18-20-10)12-3-2-6-19(9-12)8-11-4-5-16-7-13(11)15/h4-5,7,12H,2-3,6,8-9H2,1H3. The Morgan fingerprint density at radius 2 is 2.40 bits per heavy atom. The molecule has 0 saturated carbocycles. The maximum Gasteiger partial charge on any atom is 0.223 e. The molecule has 2 aromatic heterocycles. The third-order valence-electron chi connectivity index (χ3n) is 3.66. The van der Waals surface area contributed by atoms with Gasteiger partial charge >= 0.3 is 0 Å². The van der Waals surface area contributed by atoms with E-state index in [-0.39, 0.29) is 0 Å². The maximum absolute atomic E-state index is 6.17. The first-order valence-electron chi connectivity index (χ1n) is 6.83. The number of aromatic nitrogens is 3. The lowest BCUT2D eigenvalue weighted by atomic mass is 9.97. The molecular weight excluding hydrogens is 276 g/mol. The number of hydrogen-bond donors (Lipinski definition) is 0. The number of rotatable bonds is 3. The molecule has 1 aliphatic heterocycles. The highest BCUT2D eigenvalue weighted by Crippen LogP contribution is 2.26. The molecule has 106 valence electrons. The van der Waals surface area contributed by atoms with Crippen molar-refractivity contribution in [1.29, 1.82) is 0 Å². The highest BCUT2D eigenvalue weighted by atomic mass is 35.5. The fourth-order valence-electron chi connectivity index (χ4n) is 2.66. The summed E-state index contributed by atoms with van der Waals surface area (Å²) in [5.41, 5.74) is 1.12. The van der Waals surface area contributed by atoms with Crippen molar-refractivity contribution in [2.24, 2.45) is 0 Å². The summed E-state index contributed by atoms with van der Waals surface area (Å²) < 4.78 is 5.08. The molecule has 2 aromatic rings. The van der Waals surface area contributed by atoms with Crippen LogP contribution in [0.5, 0.6) is 0 Å². The summed E-state index contributed by atoms with van der Waals surface area (Å²) in [6, 6.07) is 1.98. The van der Waals surface area contributed by atoms with Crippen molar-refractivity contribution in [3.63, 3.8) is 0 Å². The molecule has 20 heavy (non-hydrogen) atoms. The van der Waals surface area contributed by atoms with Gasteiger partial charge in [-0.05, 0) is 31.0 Å². The number of hydrogen-bond acceptors (Lipinski definition) is 5. The van der Waals surface area contributed by atoms with E-state index in [1.54, 1.807) is 12.4 Å². The van der Waals surface area contributed by atoms with Gasteiger partial charge in [-0.25, -0.2) is 0 Å². The highest BCUT2D eigenvalue weighted by Gasteiger charge is 2.25. The van der Waals surface area contributed by atoms with Crippen molar-refractivity contribution in [2.75, 3.05) is 13.1 Å². The molecule has 0 aromatic carbocycles. The maximum atomic E-state index is 6.17. The fraction of sp³-hybridized carbons (Fsp3) is 0.500. The Hall–Kier alpha value is -1.46. The summed E-state index contributed by atoms with van der Waals surface area (Å²) in [5.74, 6) is 1.81. The molecule has 1 unspecified atom stereocenters. The Kier molecular flexibility index (Phi) is 3.98. The van der Waals surface area contributed by atoms with Gasteiger partial charge in [-0.15, -0.1) is 0 Å². The zero-order valence-corrected chi connectivity index (χ0v) is 12.2. The lowest BCUT2D eigenvalue weighted by Crippen LogP contribution is -2.34. The number of aryl methyl sites for hydroxylation is 1. The Morgan fingerprint density at radius 1 is 1.50 bits per heavy atom. The van der Waals surface area contributed by atoms with E-state index < -0.39 is 0 Å². The van der Waals surface area contributed by atoms with E-state index in [4.69, 9.17) is 16.1 Å². The molecule has 6 heteroatoms. The monoisotopic (exact) mass is 292 g/mol. The van der Waals surface area contributed by atoms with Crippen molar-refractivity contribution in [1.82, 2.24) is 20.0 Å². The van der Waals surface area contributed by atoms with Gasteiger partial charge in [0.2, 0.25) is 5.89 Å². The summed E-state index contributed by atoms with van der Waals surface area (Å²) >= 11 is 6.17. The molecule has 0 N–H and O–H groups in total. The number of piperidine rings is 1. The van der Waals surface area contributed by atoms with Gasteiger partial charge in [0.15, 0.2) is 5.82 Å². The van der Waals surface area contributed by atoms with Gasteiger partial charge in [-0.3, -0.25) is 9.88 Å². The molecule has 0 spiro atoms. The second-order valence-electron chi connectivity index (χ2n) is 5.21. The average Bonchev–Trinajstić information content (AvgIpc) is 2.89. The van der Waals surface area contributed by atoms with Crippen LogP contribution in [0.2, 0.25) is 5.02 Å². The Labute approximate surface area is 123 Å². The summed E-state index contributed by atoms with van der Waals surface area (Å²) in [5, 5.41) is 4.78. The molecule has 1 aliphatic rings. The molecule has 0 amide bonds. The Morgan fingerprint density at radius 3 is 3.15 bits per heavy atom. The van der Waals surface area contributed by atoms with Gasteiger partial charge in [0.05, 0.1) is 5.02 Å². The fourth-order valence-corrected chi connectivity index (χ4v) is 2.84. The van der Waals surface area contributed by atoms with Crippen LogP contribution in [0.4, 0.5) is 0 Å². The predicted octanol–water partition coefficient (Wildman–Crippen LogP) is 2.81. The van der Waals surface area contributed by atoms with Gasteiger partial charge < -0.3 is 4.52 Å². The highest BCUT2D eigenvalue weighted by molar-refractivity contribution is 6.31. The van der Waals surface area contributed by atoms with Crippen molar-refractivity contribution < 1.29 is 4.52 Å². The zero-order chi connectivity index (χ0) is 13.9. The second kappa shape index (κ2) is 5.89. The van der Waals surface area contributed by atoms with Crippen LogP contribution in [-0.2, 0) is 6.54 Å². The lowest BCUT2D eigenvalue weighted by molar-refractivity contribution is 0.194. The first kappa shape index (κ1) is 13.5. The minimum atomic E-state index is 0.349. The quantitative estimate of drug-likeness (QED) is 0.871. The summed E-state index contributed by atoms with van der Waals surface area (Å²) in [4.78, 5) is 10.8. The van der Waals surface area contributed by atoms with Gasteiger partial charge in [0.1, 0.15) is 0 Å². The van der Waals surface area contributed by atoms with Gasteiger partial charge in [0, 0.05) is 38.3 Å². The Balaban J connectivity index is 1.68. The molecule has 1 atom stereocenters. The SMILES string of the molecule is Cc1nc(C2CCCN(Cc3ccncc3Cl)C2)no1. The van der Waals surface area contributed by atoms with Gasteiger partial charge in [0.25, 0.3) is 0 Å². The first-order chi connectivity index (χ1) is 9.72. The third kappa shape index (κ3) is 2.99. The van der Waals surface area contributed by atoms with Crippen LogP contribution >= 0.6 is 11.6 Å². The zero-order valence-electron chi connectivity index (χ0n) is 11.4. The molecule has 3 heterocycles. The normalized spacial score (nSPS) is 20.2. The van der Waals surface area contributed by atoms with E-state index in [1.165, 1.54) is 0 Å². The van der Waals surface area contributed by atoms with E-state index >= 15 is 0 Å². The number of pyridine rings is 1. The van der Waals surface area contributed by atoms with Crippen LogP contribution < -0.4 is 0 Å². The summed E-state index contributed by atoms with van der Waals surface area (Å²) in [7, 11) is 0. The second-order valence-corrected chi connectivity index (χ2v) is 5.62. The van der Waals surface area contributed by atoms with Crippen LogP contribution in [0, 0.1) is 6.92 Å². The van der Waals surface area contributed by atoms with Crippen LogP contribution in [0.15, 0.2) is 23.0 Å². The molecule has 0 bridgehead atoms. The van der Waals surface area contributed by atoms with Crippen molar-refractivity contribution in [2.45, 2.75) is 32.2 Å². The number of nitrogens with zero attached hydrogens (tertiary/aromatic N) is 4. The topological polar surface area (TPSA) is 55.1 Å². The molecule has 0 aliphatic carbocycles. The molecule has 0 radical (unpaired) electrons. The van der Waals surface area contributed by atoms with Crippen LogP contribution in [-0.4, -0.2) is 33.1 Å². The van der Waals surface area contributed by atoms with Crippen LogP contribution in [0.1, 0.15) is 36.0 Å². The van der Waals surface area contributed by atoms with E-state index in [0.29, 0.717) is 11.8 Å². The van der Waals surface area contributed by atoms with Crippen molar-refractivity contribution >= 4 is 11.6 Å². The first-order valence-corrected chi connectivity index (χ1v) is 7.21. The smallest absolute Gasteiger partial charge is 0.223 e. The van der Waals surface area contributed by atoms with Crippen molar-refractivity contribution in [3.05, 3.63) is 40.8 Å². The van der Waals surface area contributed by atoms with Crippen molar-refractivity contribution in [3.8, 4) is 0 Å². The molecule has 1 fully saturated rings. The van der Waals surface area contributed by atoms with Crippen LogP contribution in [0.3, 0.4) is 0 Å². The van der Waals surface area contributed by atoms with E-state index in [0.717, 1.165) is 48.9 Å². The molecule has 5 nitrogen and oxygen atoms in total. The largest absolute Gasteiger partial charge is 0.340 e. The Bertz CT molecular complexity index is 586. The minimum Gasteiger partial charge on any atom is -0.340 e. The third-order valence-corrected chi connectivity index (χ3v) is 4.00. The molecular formula is C14H17ClN4O. The predicted molar refractivity (Wildman–Crippen MR) is 75.5 cm³/mol. The van der Waals surface area contributed by atoms with Gasteiger partial charge in [-0.2, -0.15) is 4.98 Å². The number of halogens is 1. The lowest BCUT2D eigenvalue weighted by Gasteiger charge is -2.31. The summed E-state index contributed by atoms with van der Waals surface area (Å²) in [6.07, 6.45) is 5.73. The summed E-state index contributed by atoms with van der Waals surface area (Å²) in [6.45, 7) is 4.69. The van der Waals surface area contributed by atoms with Crippen LogP contribution in [0.25, 0.3) is 0 Å². The molecule has 1 saturated heterocycles. The minimum absolute atomic E-state index is 0.349. The van der Waals surface area contributed by atoms with Gasteiger partial charge in [-0.1, -0.05) is 16.8 Å². The van der Waals surface area contributed by atoms with E-state index in [2.05, 4.69) is 20.0 Å². The molecule has 3 rings (SSSR count).